The summed E-state index contributed by atoms with van der Waals surface area (Å²) in [6.07, 6.45) is -0.491. The van der Waals surface area contributed by atoms with Crippen molar-refractivity contribution in [1.82, 2.24) is 0 Å². The Labute approximate surface area is 84.5 Å². The van der Waals surface area contributed by atoms with Gasteiger partial charge in [0.05, 0.1) is 12.1 Å². The molecule has 3 N–H and O–H groups in total. The molecule has 12 heavy (non-hydrogen) atoms. The highest BCUT2D eigenvalue weighted by Crippen LogP contribution is 2.31. The second-order valence-electron chi connectivity index (χ2n) is 2.84. The fourth-order valence-electron chi connectivity index (χ4n) is 0.957. The molecule has 0 aliphatic rings. The van der Waals surface area contributed by atoms with E-state index in [0.29, 0.717) is 0 Å². The first-order valence-corrected chi connectivity index (χ1v) is 5.38. The van der Waals surface area contributed by atoms with Crippen LogP contribution >= 0.6 is 27.3 Å². The Morgan fingerprint density at radius 3 is 2.58 bits per heavy atom. The van der Waals surface area contributed by atoms with Gasteiger partial charge >= 0.3 is 0 Å². The molecular weight excluding hydrogens is 238 g/mol. The Morgan fingerprint density at radius 2 is 2.25 bits per heavy atom. The van der Waals surface area contributed by atoms with Gasteiger partial charge in [-0.3, -0.25) is 0 Å². The molecule has 0 unspecified atom stereocenters. The number of aliphatic hydroxyl groups is 1. The molecule has 4 heteroatoms. The van der Waals surface area contributed by atoms with Crippen LogP contribution in [0.5, 0.6) is 0 Å². The van der Waals surface area contributed by atoms with Crippen LogP contribution in [0.1, 0.15) is 23.4 Å². The molecule has 0 aliphatic carbocycles. The lowest BCUT2D eigenvalue weighted by molar-refractivity contribution is 0.165. The zero-order valence-corrected chi connectivity index (χ0v) is 9.45. The van der Waals surface area contributed by atoms with E-state index in [1.165, 1.54) is 0 Å². The van der Waals surface area contributed by atoms with E-state index in [2.05, 4.69) is 15.9 Å². The second-order valence-corrected chi connectivity index (χ2v) is 4.60. The summed E-state index contributed by atoms with van der Waals surface area (Å²) in [7, 11) is 0. The molecule has 0 spiro atoms. The molecule has 1 aromatic heterocycles. The summed E-state index contributed by atoms with van der Waals surface area (Å²) >= 11 is 4.99. The van der Waals surface area contributed by atoms with Crippen molar-refractivity contribution in [2.75, 3.05) is 0 Å². The van der Waals surface area contributed by atoms with Crippen LogP contribution in [0.4, 0.5) is 0 Å². The smallest absolute Gasteiger partial charge is 0.0712 e. The fourth-order valence-corrected chi connectivity index (χ4v) is 2.63. The van der Waals surface area contributed by atoms with Gasteiger partial charge < -0.3 is 10.8 Å². The van der Waals surface area contributed by atoms with Crippen molar-refractivity contribution in [3.63, 3.8) is 0 Å². The molecule has 1 aromatic rings. The molecule has 0 bridgehead atoms. The molecule has 0 aliphatic heterocycles. The number of halogens is 1. The van der Waals surface area contributed by atoms with E-state index in [1.54, 1.807) is 18.3 Å². The summed E-state index contributed by atoms with van der Waals surface area (Å²) in [4.78, 5) is 1.05. The van der Waals surface area contributed by atoms with Crippen molar-refractivity contribution >= 4 is 27.3 Å². The second kappa shape index (κ2) is 3.87. The van der Waals surface area contributed by atoms with Gasteiger partial charge in [-0.05, 0) is 35.3 Å². The standard InChI is InChI=1S/C8H12BrNOS/c1-4-6(9)3-12-8(4)7(10)5(2)11/h3,5,7,11H,10H2,1-2H3/t5-,7-/m1/s1. The quantitative estimate of drug-likeness (QED) is 0.845. The zero-order chi connectivity index (χ0) is 9.30. The van der Waals surface area contributed by atoms with Crippen LogP contribution in [0, 0.1) is 6.92 Å². The largest absolute Gasteiger partial charge is 0.391 e. The Kier molecular flexibility index (Phi) is 3.29. The molecule has 0 fully saturated rings. The van der Waals surface area contributed by atoms with Crippen LogP contribution < -0.4 is 5.73 Å². The molecule has 0 aromatic carbocycles. The molecular formula is C8H12BrNOS. The highest BCUT2D eigenvalue weighted by molar-refractivity contribution is 9.10. The van der Waals surface area contributed by atoms with Crippen molar-refractivity contribution in [3.05, 3.63) is 20.3 Å². The zero-order valence-electron chi connectivity index (χ0n) is 7.04. The van der Waals surface area contributed by atoms with Gasteiger partial charge in [-0.15, -0.1) is 11.3 Å². The molecule has 1 heterocycles. The lowest BCUT2D eigenvalue weighted by Crippen LogP contribution is -2.22. The average molecular weight is 250 g/mol. The molecule has 0 radical (unpaired) electrons. The minimum atomic E-state index is -0.491. The summed E-state index contributed by atoms with van der Waals surface area (Å²) in [6.45, 7) is 3.70. The van der Waals surface area contributed by atoms with E-state index < -0.39 is 6.10 Å². The third-order valence-corrected chi connectivity index (χ3v) is 4.15. The average Bonchev–Trinajstić information content (AvgIpc) is 2.32. The Bertz CT molecular complexity index is 272. The molecule has 0 amide bonds. The van der Waals surface area contributed by atoms with Crippen LogP contribution in [0.3, 0.4) is 0 Å². The maximum atomic E-state index is 9.27. The third-order valence-electron chi connectivity index (χ3n) is 1.84. The lowest BCUT2D eigenvalue weighted by Gasteiger charge is -2.13. The number of aliphatic hydroxyl groups excluding tert-OH is 1. The van der Waals surface area contributed by atoms with E-state index in [-0.39, 0.29) is 6.04 Å². The van der Waals surface area contributed by atoms with E-state index in [9.17, 15) is 5.11 Å². The topological polar surface area (TPSA) is 46.2 Å². The van der Waals surface area contributed by atoms with Gasteiger partial charge in [-0.25, -0.2) is 0 Å². The highest BCUT2D eigenvalue weighted by atomic mass is 79.9. The Balaban J connectivity index is 2.95. The van der Waals surface area contributed by atoms with Gasteiger partial charge in [-0.1, -0.05) is 0 Å². The SMILES string of the molecule is Cc1c(Br)csc1[C@H](N)[C@@H](C)O. The van der Waals surface area contributed by atoms with E-state index in [4.69, 9.17) is 5.73 Å². The highest BCUT2D eigenvalue weighted by Gasteiger charge is 2.17. The maximum Gasteiger partial charge on any atom is 0.0712 e. The molecule has 1 rings (SSSR count). The number of hydrogen-bond acceptors (Lipinski definition) is 3. The molecule has 2 atom stereocenters. The minimum Gasteiger partial charge on any atom is -0.391 e. The van der Waals surface area contributed by atoms with Gasteiger partial charge in [0.2, 0.25) is 0 Å². The van der Waals surface area contributed by atoms with Crippen LogP contribution in [0.15, 0.2) is 9.85 Å². The van der Waals surface area contributed by atoms with Crippen molar-refractivity contribution in [3.8, 4) is 0 Å². The van der Waals surface area contributed by atoms with Crippen molar-refractivity contribution in [2.45, 2.75) is 26.0 Å². The third kappa shape index (κ3) is 1.88. The first-order valence-electron chi connectivity index (χ1n) is 3.71. The van der Waals surface area contributed by atoms with Crippen LogP contribution in [-0.2, 0) is 0 Å². The lowest BCUT2D eigenvalue weighted by atomic mass is 10.1. The summed E-state index contributed by atoms with van der Waals surface area (Å²) in [5, 5.41) is 11.3. The number of thiophene rings is 1. The fraction of sp³-hybridized carbons (Fsp3) is 0.500. The first-order chi connectivity index (χ1) is 5.54. The van der Waals surface area contributed by atoms with Gasteiger partial charge in [-0.2, -0.15) is 0 Å². The number of nitrogens with two attached hydrogens (primary N) is 1. The molecule has 2 nitrogen and oxygen atoms in total. The van der Waals surface area contributed by atoms with E-state index in [0.717, 1.165) is 14.9 Å². The number of rotatable bonds is 2. The van der Waals surface area contributed by atoms with Gasteiger partial charge in [0.25, 0.3) is 0 Å². The summed E-state index contributed by atoms with van der Waals surface area (Å²) in [5.74, 6) is 0. The summed E-state index contributed by atoms with van der Waals surface area (Å²) in [5.41, 5.74) is 6.92. The van der Waals surface area contributed by atoms with E-state index >= 15 is 0 Å². The number of hydrogen-bond donors (Lipinski definition) is 2. The van der Waals surface area contributed by atoms with E-state index in [1.807, 2.05) is 12.3 Å². The molecule has 68 valence electrons. The van der Waals surface area contributed by atoms with Crippen molar-refractivity contribution in [2.24, 2.45) is 5.73 Å². The van der Waals surface area contributed by atoms with Crippen LogP contribution in [-0.4, -0.2) is 11.2 Å². The molecule has 0 saturated heterocycles. The van der Waals surface area contributed by atoms with Gasteiger partial charge in [0, 0.05) is 14.7 Å². The van der Waals surface area contributed by atoms with Crippen molar-refractivity contribution < 1.29 is 5.11 Å². The predicted molar refractivity (Wildman–Crippen MR) is 55.4 cm³/mol. The van der Waals surface area contributed by atoms with Crippen LogP contribution in [0.25, 0.3) is 0 Å². The Morgan fingerprint density at radius 1 is 1.67 bits per heavy atom. The monoisotopic (exact) mass is 249 g/mol. The first kappa shape index (κ1) is 10.2. The van der Waals surface area contributed by atoms with Crippen LogP contribution in [0.2, 0.25) is 0 Å². The van der Waals surface area contributed by atoms with Crippen molar-refractivity contribution in [1.29, 1.82) is 0 Å². The maximum absolute atomic E-state index is 9.27. The predicted octanol–water partition coefficient (Wildman–Crippen LogP) is 2.20. The van der Waals surface area contributed by atoms with Gasteiger partial charge in [0.1, 0.15) is 0 Å². The minimum absolute atomic E-state index is 0.263. The summed E-state index contributed by atoms with van der Waals surface area (Å²) in [6, 6.07) is -0.263. The molecule has 0 saturated carbocycles. The Hall–Kier alpha value is 0.1000. The van der Waals surface area contributed by atoms with Gasteiger partial charge in [0.15, 0.2) is 0 Å². The normalized spacial score (nSPS) is 16.1. The summed E-state index contributed by atoms with van der Waals surface area (Å²) < 4.78 is 1.07.